The highest BCUT2D eigenvalue weighted by Gasteiger charge is 2.26. The van der Waals surface area contributed by atoms with Crippen molar-refractivity contribution >= 4 is 11.8 Å². The van der Waals surface area contributed by atoms with Crippen molar-refractivity contribution in [2.45, 2.75) is 26.4 Å². The van der Waals surface area contributed by atoms with Gasteiger partial charge in [-0.3, -0.25) is 0 Å². The fraction of sp³-hybridized carbons (Fsp3) is 0.875. The molecule has 1 N–H and O–H groups in total. The van der Waals surface area contributed by atoms with Crippen LogP contribution in [0.4, 0.5) is 0 Å². The predicted octanol–water partition coefficient (Wildman–Crippen LogP) is 1.65. The Labute approximate surface area is 72.6 Å². The van der Waals surface area contributed by atoms with Crippen molar-refractivity contribution in [2.75, 3.05) is 12.0 Å². The maximum Gasteiger partial charge on any atom is 0.0776 e. The Hall–Kier alpha value is -0.200. The van der Waals surface area contributed by atoms with Gasteiger partial charge in [-0.2, -0.15) is 17.0 Å². The van der Waals surface area contributed by atoms with Gasteiger partial charge in [0.25, 0.3) is 0 Å². The van der Waals surface area contributed by atoms with E-state index >= 15 is 0 Å². The molecule has 11 heavy (non-hydrogen) atoms. The maximum atomic E-state index is 9.47. The van der Waals surface area contributed by atoms with Gasteiger partial charge in [0.2, 0.25) is 0 Å². The van der Waals surface area contributed by atoms with Crippen LogP contribution in [0.2, 0.25) is 0 Å². The van der Waals surface area contributed by atoms with Gasteiger partial charge in [-0.1, -0.05) is 0 Å². The molecule has 1 unspecified atom stereocenters. The van der Waals surface area contributed by atoms with E-state index in [-0.39, 0.29) is 0 Å². The molecule has 0 rings (SSSR count). The monoisotopic (exact) mass is 173 g/mol. The molecule has 0 aliphatic rings. The van der Waals surface area contributed by atoms with Crippen molar-refractivity contribution in [1.82, 2.24) is 0 Å². The normalized spacial score (nSPS) is 14.1. The predicted molar refractivity (Wildman–Crippen MR) is 48.4 cm³/mol. The number of hydrogen-bond acceptors (Lipinski definition) is 3. The largest absolute Gasteiger partial charge is 0.391 e. The molecule has 0 aliphatic heterocycles. The van der Waals surface area contributed by atoms with Crippen LogP contribution in [-0.4, -0.2) is 23.2 Å². The van der Waals surface area contributed by atoms with Crippen molar-refractivity contribution in [3.8, 4) is 6.07 Å². The lowest BCUT2D eigenvalue weighted by atomic mass is 9.87. The smallest absolute Gasteiger partial charge is 0.0776 e. The molecule has 3 heteroatoms. The summed E-state index contributed by atoms with van der Waals surface area (Å²) >= 11 is 1.69. The Bertz CT molecular complexity index is 151. The maximum absolute atomic E-state index is 9.47. The first-order valence-corrected chi connectivity index (χ1v) is 5.02. The average Bonchev–Trinajstić information content (AvgIpc) is 2.00. The second-order valence-electron chi connectivity index (χ2n) is 3.13. The second-order valence-corrected chi connectivity index (χ2v) is 4.12. The third-order valence-electron chi connectivity index (χ3n) is 1.72. The summed E-state index contributed by atoms with van der Waals surface area (Å²) in [7, 11) is 0. The number of nitriles is 1. The molecule has 0 spiro atoms. The summed E-state index contributed by atoms with van der Waals surface area (Å²) in [6.07, 6.45) is 2.19. The molecule has 0 saturated carbocycles. The van der Waals surface area contributed by atoms with E-state index in [4.69, 9.17) is 5.26 Å². The van der Waals surface area contributed by atoms with Crippen LogP contribution in [0.25, 0.3) is 0 Å². The van der Waals surface area contributed by atoms with Crippen LogP contribution in [0.15, 0.2) is 0 Å². The molecule has 0 radical (unpaired) electrons. The van der Waals surface area contributed by atoms with Gasteiger partial charge in [0.05, 0.1) is 17.6 Å². The van der Waals surface area contributed by atoms with Crippen LogP contribution >= 0.6 is 11.8 Å². The molecular weight excluding hydrogens is 158 g/mol. The van der Waals surface area contributed by atoms with Crippen LogP contribution in [0.5, 0.6) is 0 Å². The third-order valence-corrected chi connectivity index (χ3v) is 2.36. The number of hydrogen-bond donors (Lipinski definition) is 1. The summed E-state index contributed by atoms with van der Waals surface area (Å²) in [4.78, 5) is 0. The standard InChI is InChI=1S/C8H15NOS/c1-8(2,6-9)7(10)4-5-11-3/h7,10H,4-5H2,1-3H3. The minimum absolute atomic E-state index is 0.500. The molecule has 1 atom stereocenters. The van der Waals surface area contributed by atoms with E-state index < -0.39 is 11.5 Å². The van der Waals surface area contributed by atoms with E-state index in [9.17, 15) is 5.11 Å². The van der Waals surface area contributed by atoms with Crippen LogP contribution < -0.4 is 0 Å². The summed E-state index contributed by atoms with van der Waals surface area (Å²) in [6.45, 7) is 3.52. The molecule has 0 fully saturated rings. The molecule has 0 bridgehead atoms. The zero-order chi connectivity index (χ0) is 8.91. The summed E-state index contributed by atoms with van der Waals surface area (Å²) in [6, 6.07) is 2.09. The lowest BCUT2D eigenvalue weighted by Gasteiger charge is -2.22. The Kier molecular flexibility index (Phi) is 4.55. The fourth-order valence-electron chi connectivity index (χ4n) is 0.665. The van der Waals surface area contributed by atoms with E-state index in [1.54, 1.807) is 25.6 Å². The van der Waals surface area contributed by atoms with Crippen molar-refractivity contribution < 1.29 is 5.11 Å². The van der Waals surface area contributed by atoms with Crippen LogP contribution in [0, 0.1) is 16.7 Å². The lowest BCUT2D eigenvalue weighted by molar-refractivity contribution is 0.0842. The molecule has 0 aromatic rings. The van der Waals surface area contributed by atoms with Crippen molar-refractivity contribution in [3.05, 3.63) is 0 Å². The number of rotatable bonds is 4. The van der Waals surface area contributed by atoms with Gasteiger partial charge in [0, 0.05) is 0 Å². The van der Waals surface area contributed by atoms with E-state index in [1.807, 2.05) is 6.26 Å². The minimum Gasteiger partial charge on any atom is -0.391 e. The zero-order valence-electron chi connectivity index (χ0n) is 7.29. The number of thioether (sulfide) groups is 1. The molecule has 0 aliphatic carbocycles. The molecule has 64 valence electrons. The number of aliphatic hydroxyl groups is 1. The molecule has 2 nitrogen and oxygen atoms in total. The fourth-order valence-corrected chi connectivity index (χ4v) is 1.12. The number of aliphatic hydroxyl groups excluding tert-OH is 1. The van der Waals surface area contributed by atoms with Gasteiger partial charge in [0.15, 0.2) is 0 Å². The second kappa shape index (κ2) is 4.63. The van der Waals surface area contributed by atoms with Gasteiger partial charge in [-0.15, -0.1) is 0 Å². The van der Waals surface area contributed by atoms with Crippen LogP contribution in [0.1, 0.15) is 20.3 Å². The quantitative estimate of drug-likeness (QED) is 0.703. The first-order valence-electron chi connectivity index (χ1n) is 3.63. The average molecular weight is 173 g/mol. The Morgan fingerprint density at radius 2 is 2.18 bits per heavy atom. The molecule has 0 aromatic carbocycles. The molecule has 0 amide bonds. The first-order chi connectivity index (χ1) is 5.04. The molecule has 0 saturated heterocycles. The minimum atomic E-state index is -0.601. The number of nitrogens with zero attached hydrogens (tertiary/aromatic N) is 1. The van der Waals surface area contributed by atoms with Crippen molar-refractivity contribution in [2.24, 2.45) is 5.41 Å². The van der Waals surface area contributed by atoms with Gasteiger partial charge in [-0.05, 0) is 32.3 Å². The summed E-state index contributed by atoms with van der Waals surface area (Å²) in [5.41, 5.74) is -0.601. The molecule has 0 heterocycles. The van der Waals surface area contributed by atoms with Gasteiger partial charge >= 0.3 is 0 Å². The Morgan fingerprint density at radius 3 is 2.55 bits per heavy atom. The summed E-state index contributed by atoms with van der Waals surface area (Å²) in [5, 5.41) is 18.1. The van der Waals surface area contributed by atoms with E-state index in [0.29, 0.717) is 6.42 Å². The van der Waals surface area contributed by atoms with E-state index in [2.05, 4.69) is 6.07 Å². The van der Waals surface area contributed by atoms with E-state index in [0.717, 1.165) is 5.75 Å². The van der Waals surface area contributed by atoms with Crippen LogP contribution in [-0.2, 0) is 0 Å². The highest BCUT2D eigenvalue weighted by Crippen LogP contribution is 2.22. The highest BCUT2D eigenvalue weighted by molar-refractivity contribution is 7.98. The topological polar surface area (TPSA) is 44.0 Å². The third kappa shape index (κ3) is 3.64. The van der Waals surface area contributed by atoms with Gasteiger partial charge in [0.1, 0.15) is 0 Å². The van der Waals surface area contributed by atoms with Crippen molar-refractivity contribution in [3.63, 3.8) is 0 Å². The Balaban J connectivity index is 3.83. The first kappa shape index (κ1) is 10.8. The van der Waals surface area contributed by atoms with E-state index in [1.165, 1.54) is 0 Å². The highest BCUT2D eigenvalue weighted by atomic mass is 32.2. The molecular formula is C8H15NOS. The van der Waals surface area contributed by atoms with Crippen LogP contribution in [0.3, 0.4) is 0 Å². The summed E-state index contributed by atoms with van der Waals surface area (Å²) < 4.78 is 0. The Morgan fingerprint density at radius 1 is 1.64 bits per heavy atom. The van der Waals surface area contributed by atoms with Gasteiger partial charge in [-0.25, -0.2) is 0 Å². The molecule has 0 aromatic heterocycles. The summed E-state index contributed by atoms with van der Waals surface area (Å²) in [5.74, 6) is 0.909. The van der Waals surface area contributed by atoms with Gasteiger partial charge < -0.3 is 5.11 Å². The SMILES string of the molecule is CSCCC(O)C(C)(C)C#N. The van der Waals surface area contributed by atoms with Crippen molar-refractivity contribution in [1.29, 1.82) is 5.26 Å². The lowest BCUT2D eigenvalue weighted by Crippen LogP contribution is -2.28. The zero-order valence-corrected chi connectivity index (χ0v) is 8.11.